The van der Waals surface area contributed by atoms with Crippen molar-refractivity contribution < 1.29 is 14.4 Å². The van der Waals surface area contributed by atoms with Crippen molar-refractivity contribution in [3.63, 3.8) is 0 Å². The standard InChI is InChI=1S/C24H23N7O4/c1-13(19(18-11-30(3)29-14(18)2)17-8-6-5-7-15(17)9-25)22-28-20(21(32)24(34)31(22)4)23(33)27-16-10-26-35-12-16/h5-8,10-13,19,32H,1-4H3,(H,27,33)/t13-,19+/m0/s1. The number of benzene rings is 1. The van der Waals surface area contributed by atoms with Gasteiger partial charge < -0.3 is 14.9 Å². The fourth-order valence-electron chi connectivity index (χ4n) is 4.28. The Morgan fingerprint density at radius 2 is 2.00 bits per heavy atom. The molecule has 0 aliphatic heterocycles. The van der Waals surface area contributed by atoms with Crippen LogP contribution in [0.25, 0.3) is 0 Å². The normalized spacial score (nSPS) is 12.7. The van der Waals surface area contributed by atoms with Crippen LogP contribution in [-0.2, 0) is 14.1 Å². The first-order valence-corrected chi connectivity index (χ1v) is 10.7. The van der Waals surface area contributed by atoms with E-state index in [2.05, 4.69) is 26.6 Å². The van der Waals surface area contributed by atoms with Crippen LogP contribution in [0.3, 0.4) is 0 Å². The van der Waals surface area contributed by atoms with E-state index in [1.54, 1.807) is 23.9 Å². The lowest BCUT2D eigenvalue weighted by molar-refractivity contribution is 0.101. The van der Waals surface area contributed by atoms with Crippen molar-refractivity contribution in [1.82, 2.24) is 24.5 Å². The topological polar surface area (TPSA) is 152 Å². The van der Waals surface area contributed by atoms with Crippen molar-refractivity contribution in [3.05, 3.63) is 87.2 Å². The maximum atomic E-state index is 12.9. The Balaban J connectivity index is 1.88. The molecule has 0 bridgehead atoms. The number of carbonyl (C=O) groups is 1. The summed E-state index contributed by atoms with van der Waals surface area (Å²) in [5.41, 5.74) is 1.86. The quantitative estimate of drug-likeness (QED) is 0.433. The molecule has 2 N–H and O–H groups in total. The number of amides is 1. The lowest BCUT2D eigenvalue weighted by atomic mass is 9.79. The number of nitrogens with zero attached hydrogens (tertiary/aromatic N) is 6. The molecule has 0 radical (unpaired) electrons. The van der Waals surface area contributed by atoms with E-state index in [4.69, 9.17) is 4.52 Å². The average molecular weight is 473 g/mol. The number of aryl methyl sites for hydroxylation is 2. The number of aromatic nitrogens is 5. The van der Waals surface area contributed by atoms with E-state index in [9.17, 15) is 20.0 Å². The smallest absolute Gasteiger partial charge is 0.296 e. The van der Waals surface area contributed by atoms with E-state index in [1.807, 2.05) is 32.2 Å². The van der Waals surface area contributed by atoms with Gasteiger partial charge in [0.15, 0.2) is 5.69 Å². The van der Waals surface area contributed by atoms with Crippen molar-refractivity contribution in [2.45, 2.75) is 25.7 Å². The number of hydrogen-bond acceptors (Lipinski definition) is 8. The molecule has 0 unspecified atom stereocenters. The minimum atomic E-state index is -0.789. The molecule has 11 heteroatoms. The number of aromatic hydroxyl groups is 1. The highest BCUT2D eigenvalue weighted by Crippen LogP contribution is 2.40. The Hall–Kier alpha value is -4.72. The fraction of sp³-hybridized carbons (Fsp3) is 0.250. The second-order valence-corrected chi connectivity index (χ2v) is 8.21. The van der Waals surface area contributed by atoms with Crippen LogP contribution in [0.2, 0.25) is 0 Å². The third kappa shape index (κ3) is 4.29. The highest BCUT2D eigenvalue weighted by Gasteiger charge is 2.32. The third-order valence-electron chi connectivity index (χ3n) is 5.92. The summed E-state index contributed by atoms with van der Waals surface area (Å²) in [6.07, 6.45) is 4.35. The molecule has 0 aliphatic rings. The molecule has 11 nitrogen and oxygen atoms in total. The number of anilines is 1. The summed E-state index contributed by atoms with van der Waals surface area (Å²) in [5, 5.41) is 30.7. The lowest BCUT2D eigenvalue weighted by Gasteiger charge is -2.26. The molecule has 0 fully saturated rings. The highest BCUT2D eigenvalue weighted by atomic mass is 16.5. The molecule has 3 heterocycles. The molecule has 0 saturated heterocycles. The van der Waals surface area contributed by atoms with Crippen LogP contribution in [0.5, 0.6) is 5.75 Å². The van der Waals surface area contributed by atoms with Gasteiger partial charge in [-0.3, -0.25) is 18.8 Å². The summed E-state index contributed by atoms with van der Waals surface area (Å²) in [4.78, 5) is 30.2. The Kier molecular flexibility index (Phi) is 6.20. The predicted octanol–water partition coefficient (Wildman–Crippen LogP) is 2.58. The van der Waals surface area contributed by atoms with Crippen LogP contribution in [0.4, 0.5) is 5.69 Å². The van der Waals surface area contributed by atoms with Gasteiger partial charge in [-0.15, -0.1) is 0 Å². The first-order chi connectivity index (χ1) is 16.7. The van der Waals surface area contributed by atoms with E-state index < -0.39 is 34.7 Å². The third-order valence-corrected chi connectivity index (χ3v) is 5.92. The summed E-state index contributed by atoms with van der Waals surface area (Å²) in [6.45, 7) is 3.72. The molecule has 0 aliphatic carbocycles. The van der Waals surface area contributed by atoms with Crippen LogP contribution in [-0.4, -0.2) is 35.5 Å². The second kappa shape index (κ2) is 9.26. The highest BCUT2D eigenvalue weighted by molar-refractivity contribution is 6.04. The summed E-state index contributed by atoms with van der Waals surface area (Å²) in [6, 6.07) is 9.42. The van der Waals surface area contributed by atoms with Crippen molar-refractivity contribution in [2.24, 2.45) is 14.1 Å². The number of nitriles is 1. The SMILES string of the molecule is Cc1nn(C)cc1[C@@H](c1ccccc1C#N)[C@H](C)c1nc(C(=O)Nc2cnoc2)c(O)c(=O)n1C. The summed E-state index contributed by atoms with van der Waals surface area (Å²) < 4.78 is 7.60. The molecule has 1 amide bonds. The maximum absolute atomic E-state index is 12.9. The van der Waals surface area contributed by atoms with E-state index in [0.29, 0.717) is 5.56 Å². The Bertz CT molecular complexity index is 1500. The van der Waals surface area contributed by atoms with Crippen molar-refractivity contribution in [2.75, 3.05) is 5.32 Å². The maximum Gasteiger partial charge on any atom is 0.296 e. The number of carbonyl (C=O) groups excluding carboxylic acids is 1. The summed E-state index contributed by atoms with van der Waals surface area (Å²) in [5.74, 6) is -2.22. The van der Waals surface area contributed by atoms with Crippen molar-refractivity contribution in [1.29, 1.82) is 5.26 Å². The Morgan fingerprint density at radius 1 is 1.26 bits per heavy atom. The molecule has 35 heavy (non-hydrogen) atoms. The Labute approximate surface area is 200 Å². The zero-order valence-corrected chi connectivity index (χ0v) is 19.6. The minimum Gasteiger partial charge on any atom is -0.501 e. The average Bonchev–Trinajstić information content (AvgIpc) is 3.47. The lowest BCUT2D eigenvalue weighted by Crippen LogP contribution is -2.29. The zero-order valence-electron chi connectivity index (χ0n) is 19.6. The van der Waals surface area contributed by atoms with Crippen LogP contribution in [0.1, 0.15) is 57.5 Å². The van der Waals surface area contributed by atoms with Gasteiger partial charge in [-0.1, -0.05) is 30.3 Å². The Morgan fingerprint density at radius 3 is 2.63 bits per heavy atom. The second-order valence-electron chi connectivity index (χ2n) is 8.21. The van der Waals surface area contributed by atoms with Crippen molar-refractivity contribution in [3.8, 4) is 11.8 Å². The van der Waals surface area contributed by atoms with E-state index in [1.165, 1.54) is 24.1 Å². The molecule has 3 aromatic heterocycles. The van der Waals surface area contributed by atoms with Crippen LogP contribution >= 0.6 is 0 Å². The van der Waals surface area contributed by atoms with Crippen molar-refractivity contribution >= 4 is 11.6 Å². The van der Waals surface area contributed by atoms with Gasteiger partial charge in [-0.05, 0) is 18.6 Å². The van der Waals surface area contributed by atoms with E-state index in [-0.39, 0.29) is 11.5 Å². The minimum absolute atomic E-state index is 0.248. The summed E-state index contributed by atoms with van der Waals surface area (Å²) >= 11 is 0. The van der Waals surface area contributed by atoms with E-state index in [0.717, 1.165) is 16.8 Å². The monoisotopic (exact) mass is 473 g/mol. The molecule has 2 atom stereocenters. The van der Waals surface area contributed by atoms with Gasteiger partial charge >= 0.3 is 0 Å². The molecular weight excluding hydrogens is 450 g/mol. The molecule has 4 aromatic rings. The fourth-order valence-corrected chi connectivity index (χ4v) is 4.28. The van der Waals surface area contributed by atoms with E-state index >= 15 is 0 Å². The first kappa shape index (κ1) is 23.4. The molecular formula is C24H23N7O4. The number of hydrogen-bond donors (Lipinski definition) is 2. The van der Waals surface area contributed by atoms with Crippen LogP contribution in [0, 0.1) is 18.3 Å². The molecule has 1 aromatic carbocycles. The zero-order chi connectivity index (χ0) is 25.3. The van der Waals surface area contributed by atoms with Gasteiger partial charge in [0.25, 0.3) is 11.5 Å². The van der Waals surface area contributed by atoms with Gasteiger partial charge in [0.05, 0.1) is 23.5 Å². The summed E-state index contributed by atoms with van der Waals surface area (Å²) in [7, 11) is 3.28. The molecule has 0 saturated carbocycles. The van der Waals surface area contributed by atoms with Gasteiger partial charge in [-0.25, -0.2) is 4.98 Å². The van der Waals surface area contributed by atoms with Crippen LogP contribution in [0.15, 0.2) is 52.2 Å². The first-order valence-electron chi connectivity index (χ1n) is 10.7. The van der Waals surface area contributed by atoms with Gasteiger partial charge in [0, 0.05) is 37.7 Å². The molecule has 4 rings (SSSR count). The largest absolute Gasteiger partial charge is 0.501 e. The molecule has 178 valence electrons. The van der Waals surface area contributed by atoms with Gasteiger partial charge in [-0.2, -0.15) is 10.4 Å². The number of rotatable bonds is 6. The number of nitrogens with one attached hydrogen (secondary N) is 1. The van der Waals surface area contributed by atoms with Gasteiger partial charge in [0.2, 0.25) is 5.75 Å². The van der Waals surface area contributed by atoms with Crippen LogP contribution < -0.4 is 10.9 Å². The van der Waals surface area contributed by atoms with Gasteiger partial charge in [0.1, 0.15) is 17.8 Å². The molecule has 0 spiro atoms. The predicted molar refractivity (Wildman–Crippen MR) is 125 cm³/mol.